The fourth-order valence-electron chi connectivity index (χ4n) is 1.62. The van der Waals surface area contributed by atoms with Crippen LogP contribution in [0.15, 0.2) is 22.7 Å². The van der Waals surface area contributed by atoms with Crippen LogP contribution in [-0.2, 0) is 6.42 Å². The fraction of sp³-hybridized carbons (Fsp3) is 0.286. The Morgan fingerprint density at radius 3 is 2.65 bits per heavy atom. The molecule has 20 heavy (non-hydrogen) atoms. The summed E-state index contributed by atoms with van der Waals surface area (Å²) in [6.45, 7) is 2.05. The molecule has 0 aliphatic heterocycles. The van der Waals surface area contributed by atoms with Gasteiger partial charge in [0, 0.05) is 34.1 Å². The molecule has 2 aromatic rings. The first-order chi connectivity index (χ1) is 9.60. The van der Waals surface area contributed by atoms with Gasteiger partial charge in [0.25, 0.3) is 5.89 Å². The Morgan fingerprint density at radius 2 is 2.00 bits per heavy atom. The molecule has 6 heteroatoms. The van der Waals surface area contributed by atoms with Gasteiger partial charge in [0.15, 0.2) is 5.82 Å². The van der Waals surface area contributed by atoms with Gasteiger partial charge in [0.1, 0.15) is 0 Å². The average molecular weight is 312 g/mol. The second-order valence-corrected chi connectivity index (χ2v) is 5.23. The molecule has 0 amide bonds. The predicted molar refractivity (Wildman–Crippen MR) is 81.9 cm³/mol. The zero-order valence-corrected chi connectivity index (χ0v) is 12.7. The molecular weight excluding hydrogens is 297 g/mol. The molecule has 0 spiro atoms. The van der Waals surface area contributed by atoms with Crippen LogP contribution in [-0.4, -0.2) is 23.2 Å². The summed E-state index contributed by atoms with van der Waals surface area (Å²) in [6, 6.07) is 5.65. The second-order valence-electron chi connectivity index (χ2n) is 4.41. The van der Waals surface area contributed by atoms with Crippen LogP contribution < -0.4 is 5.32 Å². The number of hydrogen-bond acceptors (Lipinski definition) is 4. The number of nitrogens with zero attached hydrogens (tertiary/aromatic N) is 2. The summed E-state index contributed by atoms with van der Waals surface area (Å²) in [6.07, 6.45) is 4.18. The minimum Gasteiger partial charge on any atom is -0.335 e. The molecule has 1 aromatic carbocycles. The summed E-state index contributed by atoms with van der Waals surface area (Å²) in [5, 5.41) is 8.20. The van der Waals surface area contributed by atoms with E-state index in [-0.39, 0.29) is 0 Å². The molecule has 1 N–H and O–H groups in total. The highest BCUT2D eigenvalue weighted by atomic mass is 35.5. The standard InChI is InChI=1S/C14H15Cl2N3O/c1-9(17-2)8-13-18-14(20-19-13)7-6-10-11(15)4-3-5-12(10)16/h3-7,9,17H,8H2,1-2H3/b7-6+. The topological polar surface area (TPSA) is 51.0 Å². The van der Waals surface area contributed by atoms with Crippen molar-refractivity contribution in [1.82, 2.24) is 15.5 Å². The number of nitrogens with one attached hydrogen (secondary N) is 1. The van der Waals surface area contributed by atoms with Gasteiger partial charge in [-0.2, -0.15) is 4.98 Å². The number of rotatable bonds is 5. The third-order valence-corrected chi connectivity index (χ3v) is 3.52. The highest BCUT2D eigenvalue weighted by Crippen LogP contribution is 2.26. The van der Waals surface area contributed by atoms with Crippen molar-refractivity contribution in [3.05, 3.63) is 45.5 Å². The Hall–Kier alpha value is -1.36. The maximum absolute atomic E-state index is 6.08. The SMILES string of the molecule is CNC(C)Cc1noc(/C=C/c2c(Cl)cccc2Cl)n1. The van der Waals surface area contributed by atoms with E-state index in [1.54, 1.807) is 30.4 Å². The Morgan fingerprint density at radius 1 is 1.30 bits per heavy atom. The van der Waals surface area contributed by atoms with E-state index in [1.807, 2.05) is 7.05 Å². The molecular formula is C14H15Cl2N3O. The average Bonchev–Trinajstić information content (AvgIpc) is 2.85. The quantitative estimate of drug-likeness (QED) is 0.914. The molecule has 0 fully saturated rings. The second kappa shape index (κ2) is 6.88. The number of likely N-dealkylation sites (N-methyl/N-ethyl adjacent to an activating group) is 1. The zero-order chi connectivity index (χ0) is 14.5. The van der Waals surface area contributed by atoms with Crippen LogP contribution in [0.4, 0.5) is 0 Å². The number of aromatic nitrogens is 2. The van der Waals surface area contributed by atoms with Gasteiger partial charge in [-0.1, -0.05) is 34.4 Å². The van der Waals surface area contributed by atoms with Crippen molar-refractivity contribution in [2.75, 3.05) is 7.05 Å². The normalized spacial score (nSPS) is 13.0. The summed E-state index contributed by atoms with van der Waals surface area (Å²) < 4.78 is 5.15. The summed E-state index contributed by atoms with van der Waals surface area (Å²) >= 11 is 12.2. The molecule has 0 saturated heterocycles. The van der Waals surface area contributed by atoms with E-state index in [4.69, 9.17) is 27.7 Å². The number of halogens is 2. The summed E-state index contributed by atoms with van der Waals surface area (Å²) in [5.41, 5.74) is 0.735. The van der Waals surface area contributed by atoms with Crippen LogP contribution in [0.1, 0.15) is 24.2 Å². The first-order valence-electron chi connectivity index (χ1n) is 6.22. The Labute approximate surface area is 127 Å². The highest BCUT2D eigenvalue weighted by molar-refractivity contribution is 6.37. The van der Waals surface area contributed by atoms with E-state index < -0.39 is 0 Å². The Bertz CT molecular complexity index is 590. The highest BCUT2D eigenvalue weighted by Gasteiger charge is 2.08. The van der Waals surface area contributed by atoms with Gasteiger partial charge in [-0.3, -0.25) is 0 Å². The van der Waals surface area contributed by atoms with Gasteiger partial charge in [0.05, 0.1) is 0 Å². The summed E-state index contributed by atoms with van der Waals surface area (Å²) in [5.74, 6) is 1.09. The smallest absolute Gasteiger partial charge is 0.250 e. The summed E-state index contributed by atoms with van der Waals surface area (Å²) in [4.78, 5) is 4.28. The van der Waals surface area contributed by atoms with Gasteiger partial charge < -0.3 is 9.84 Å². The molecule has 1 unspecified atom stereocenters. The molecule has 1 heterocycles. The molecule has 106 valence electrons. The van der Waals surface area contributed by atoms with Gasteiger partial charge in [0.2, 0.25) is 0 Å². The first kappa shape index (κ1) is 15.0. The molecule has 2 rings (SSSR count). The van der Waals surface area contributed by atoms with Gasteiger partial charge in [-0.25, -0.2) is 0 Å². The molecule has 0 aliphatic rings. The van der Waals surface area contributed by atoms with Crippen molar-refractivity contribution in [3.8, 4) is 0 Å². The van der Waals surface area contributed by atoms with Gasteiger partial charge in [-0.05, 0) is 32.2 Å². The van der Waals surface area contributed by atoms with Crippen molar-refractivity contribution in [1.29, 1.82) is 0 Å². The minimum absolute atomic E-state index is 0.294. The Kier molecular flexibility index (Phi) is 5.17. The van der Waals surface area contributed by atoms with Crippen molar-refractivity contribution < 1.29 is 4.52 Å². The van der Waals surface area contributed by atoms with Crippen molar-refractivity contribution in [2.24, 2.45) is 0 Å². The number of benzene rings is 1. The molecule has 0 aliphatic carbocycles. The van der Waals surface area contributed by atoms with E-state index in [0.29, 0.717) is 34.2 Å². The lowest BCUT2D eigenvalue weighted by atomic mass is 10.2. The molecule has 0 radical (unpaired) electrons. The predicted octanol–water partition coefficient (Wildman–Crippen LogP) is 3.70. The van der Waals surface area contributed by atoms with Gasteiger partial charge in [-0.15, -0.1) is 0 Å². The lowest BCUT2D eigenvalue weighted by Gasteiger charge is -2.04. The third kappa shape index (κ3) is 3.82. The maximum atomic E-state index is 6.08. The van der Waals surface area contributed by atoms with Crippen LogP contribution in [0.5, 0.6) is 0 Å². The summed E-state index contributed by atoms with van der Waals surface area (Å²) in [7, 11) is 1.89. The molecule has 1 atom stereocenters. The molecule has 1 aromatic heterocycles. The van der Waals surface area contributed by atoms with E-state index in [1.165, 1.54) is 0 Å². The number of hydrogen-bond donors (Lipinski definition) is 1. The van der Waals surface area contributed by atoms with Crippen LogP contribution in [0.2, 0.25) is 10.0 Å². The molecule has 0 bridgehead atoms. The van der Waals surface area contributed by atoms with Crippen LogP contribution >= 0.6 is 23.2 Å². The van der Waals surface area contributed by atoms with Gasteiger partial charge >= 0.3 is 0 Å². The van der Waals surface area contributed by atoms with Crippen LogP contribution in [0.25, 0.3) is 12.2 Å². The van der Waals surface area contributed by atoms with Crippen molar-refractivity contribution in [3.63, 3.8) is 0 Å². The first-order valence-corrected chi connectivity index (χ1v) is 6.97. The lowest BCUT2D eigenvalue weighted by Crippen LogP contribution is -2.24. The minimum atomic E-state index is 0.294. The fourth-order valence-corrected chi connectivity index (χ4v) is 2.14. The molecule has 0 saturated carbocycles. The van der Waals surface area contributed by atoms with Crippen molar-refractivity contribution in [2.45, 2.75) is 19.4 Å². The van der Waals surface area contributed by atoms with Crippen molar-refractivity contribution >= 4 is 35.4 Å². The van der Waals surface area contributed by atoms with Crippen LogP contribution in [0.3, 0.4) is 0 Å². The zero-order valence-electron chi connectivity index (χ0n) is 11.2. The van der Waals surface area contributed by atoms with E-state index in [9.17, 15) is 0 Å². The lowest BCUT2D eigenvalue weighted by molar-refractivity contribution is 0.400. The largest absolute Gasteiger partial charge is 0.335 e. The van der Waals surface area contributed by atoms with E-state index in [0.717, 1.165) is 5.56 Å². The monoisotopic (exact) mass is 311 g/mol. The van der Waals surface area contributed by atoms with E-state index >= 15 is 0 Å². The molecule has 4 nitrogen and oxygen atoms in total. The third-order valence-electron chi connectivity index (χ3n) is 2.86. The van der Waals surface area contributed by atoms with E-state index in [2.05, 4.69) is 22.4 Å². The maximum Gasteiger partial charge on any atom is 0.250 e. The Balaban J connectivity index is 2.12. The van der Waals surface area contributed by atoms with Crippen LogP contribution in [0, 0.1) is 0 Å².